The number of rotatable bonds is 2. The van der Waals surface area contributed by atoms with E-state index in [1.54, 1.807) is 0 Å². The van der Waals surface area contributed by atoms with Gasteiger partial charge in [0.2, 0.25) is 0 Å². The third-order valence-corrected chi connectivity index (χ3v) is 5.90. The van der Waals surface area contributed by atoms with E-state index in [4.69, 9.17) is 11.6 Å². The molecule has 1 aliphatic rings. The summed E-state index contributed by atoms with van der Waals surface area (Å²) in [5.41, 5.74) is 1.80. The highest BCUT2D eigenvalue weighted by molar-refractivity contribution is 9.10. The number of benzene rings is 1. The van der Waals surface area contributed by atoms with Gasteiger partial charge < -0.3 is 0 Å². The Morgan fingerprint density at radius 1 is 1.21 bits per heavy atom. The molecule has 1 aliphatic carbocycles. The molecule has 0 aliphatic heterocycles. The molecule has 0 amide bonds. The summed E-state index contributed by atoms with van der Waals surface area (Å²) in [6.07, 6.45) is 4.81. The highest BCUT2D eigenvalue weighted by Crippen LogP contribution is 2.43. The molecule has 3 atom stereocenters. The summed E-state index contributed by atoms with van der Waals surface area (Å²) in [7, 11) is 0. The molecule has 1 fully saturated rings. The highest BCUT2D eigenvalue weighted by atomic mass is 79.9. The lowest BCUT2D eigenvalue weighted by Crippen LogP contribution is -2.33. The van der Waals surface area contributed by atoms with Crippen molar-refractivity contribution in [2.75, 3.05) is 0 Å². The second-order valence-electron chi connectivity index (χ2n) is 6.95. The van der Waals surface area contributed by atoms with Crippen molar-refractivity contribution in [2.24, 2.45) is 17.3 Å². The van der Waals surface area contributed by atoms with Crippen molar-refractivity contribution in [3.05, 3.63) is 34.3 Å². The zero-order valence-electron chi connectivity index (χ0n) is 12.1. The van der Waals surface area contributed by atoms with Gasteiger partial charge in [-0.2, -0.15) is 0 Å². The summed E-state index contributed by atoms with van der Waals surface area (Å²) < 4.78 is 1.22. The summed E-state index contributed by atoms with van der Waals surface area (Å²) in [4.78, 5) is 0. The molecule has 0 nitrogen and oxygen atoms in total. The van der Waals surface area contributed by atoms with Crippen LogP contribution in [0.1, 0.15) is 45.6 Å². The third kappa shape index (κ3) is 3.98. The monoisotopic (exact) mass is 342 g/mol. The minimum Gasteiger partial charge on any atom is -0.123 e. The van der Waals surface area contributed by atoms with Crippen LogP contribution in [0, 0.1) is 17.3 Å². The van der Waals surface area contributed by atoms with E-state index in [0.29, 0.717) is 16.7 Å². The van der Waals surface area contributed by atoms with Crippen LogP contribution in [0.2, 0.25) is 0 Å². The first-order chi connectivity index (χ1) is 8.88. The molecule has 0 spiro atoms. The molecular weight excluding hydrogens is 320 g/mol. The lowest BCUT2D eigenvalue weighted by Gasteiger charge is -2.40. The Morgan fingerprint density at radius 2 is 1.89 bits per heavy atom. The summed E-state index contributed by atoms with van der Waals surface area (Å²) in [5, 5.41) is 0.339. The average molecular weight is 344 g/mol. The number of alkyl halides is 1. The van der Waals surface area contributed by atoms with Gasteiger partial charge in [0.1, 0.15) is 0 Å². The Bertz CT molecular complexity index is 422. The SMILES string of the molecule is CC(C)(C)C1CCC(Cl)C(Cc2ccccc2Br)C1. The molecule has 0 bridgehead atoms. The van der Waals surface area contributed by atoms with Gasteiger partial charge in [-0.25, -0.2) is 0 Å². The fraction of sp³-hybridized carbons (Fsp3) is 0.647. The zero-order chi connectivity index (χ0) is 14.0. The lowest BCUT2D eigenvalue weighted by molar-refractivity contribution is 0.144. The number of halogens is 2. The Labute approximate surface area is 131 Å². The van der Waals surface area contributed by atoms with Crippen molar-refractivity contribution >= 4 is 27.5 Å². The van der Waals surface area contributed by atoms with Crippen LogP contribution in [0.3, 0.4) is 0 Å². The van der Waals surface area contributed by atoms with E-state index in [2.05, 4.69) is 61.0 Å². The average Bonchev–Trinajstić information content (AvgIpc) is 2.33. The van der Waals surface area contributed by atoms with Gasteiger partial charge in [0.15, 0.2) is 0 Å². The summed E-state index contributed by atoms with van der Waals surface area (Å²) in [6.45, 7) is 7.09. The summed E-state index contributed by atoms with van der Waals surface area (Å²) in [6, 6.07) is 8.54. The third-order valence-electron chi connectivity index (χ3n) is 4.55. The molecule has 106 valence electrons. The fourth-order valence-electron chi connectivity index (χ4n) is 3.17. The zero-order valence-corrected chi connectivity index (χ0v) is 14.5. The molecule has 0 aromatic heterocycles. The van der Waals surface area contributed by atoms with Crippen LogP contribution in [0.15, 0.2) is 28.7 Å². The Hall–Kier alpha value is -0.0100. The van der Waals surface area contributed by atoms with Crippen molar-refractivity contribution in [3.63, 3.8) is 0 Å². The largest absolute Gasteiger partial charge is 0.123 e. The van der Waals surface area contributed by atoms with Crippen LogP contribution in [0.4, 0.5) is 0 Å². The molecule has 1 aromatic carbocycles. The van der Waals surface area contributed by atoms with E-state index in [-0.39, 0.29) is 0 Å². The van der Waals surface area contributed by atoms with Gasteiger partial charge in [-0.3, -0.25) is 0 Å². The number of hydrogen-bond acceptors (Lipinski definition) is 0. The van der Waals surface area contributed by atoms with E-state index in [9.17, 15) is 0 Å². The first-order valence-electron chi connectivity index (χ1n) is 7.25. The maximum Gasteiger partial charge on any atom is 0.0367 e. The van der Waals surface area contributed by atoms with Crippen LogP contribution >= 0.6 is 27.5 Å². The maximum absolute atomic E-state index is 6.58. The maximum atomic E-state index is 6.58. The van der Waals surface area contributed by atoms with E-state index >= 15 is 0 Å². The molecule has 3 unspecified atom stereocenters. The summed E-state index contributed by atoms with van der Waals surface area (Å²) in [5.74, 6) is 1.41. The van der Waals surface area contributed by atoms with Crippen LogP contribution in [-0.2, 0) is 6.42 Å². The molecule has 0 N–H and O–H groups in total. The molecule has 1 saturated carbocycles. The van der Waals surface area contributed by atoms with E-state index < -0.39 is 0 Å². The van der Waals surface area contributed by atoms with Gasteiger partial charge in [-0.1, -0.05) is 54.9 Å². The van der Waals surface area contributed by atoms with Gasteiger partial charge >= 0.3 is 0 Å². The van der Waals surface area contributed by atoms with E-state index in [0.717, 1.165) is 12.3 Å². The molecule has 1 aromatic rings. The second-order valence-corrected chi connectivity index (χ2v) is 8.36. The second kappa shape index (κ2) is 6.18. The Kier molecular flexibility index (Phi) is 5.00. The van der Waals surface area contributed by atoms with Gasteiger partial charge in [-0.15, -0.1) is 11.6 Å². The van der Waals surface area contributed by atoms with Crippen LogP contribution in [0.25, 0.3) is 0 Å². The van der Waals surface area contributed by atoms with Crippen LogP contribution in [-0.4, -0.2) is 5.38 Å². The summed E-state index contributed by atoms with van der Waals surface area (Å²) >= 11 is 10.2. The first-order valence-corrected chi connectivity index (χ1v) is 8.48. The molecular formula is C17H24BrCl. The van der Waals surface area contributed by atoms with Gasteiger partial charge in [0, 0.05) is 9.85 Å². The minimum atomic E-state index is 0.339. The predicted molar refractivity (Wildman–Crippen MR) is 87.8 cm³/mol. The normalized spacial score (nSPS) is 28.4. The van der Waals surface area contributed by atoms with Crippen LogP contribution in [0.5, 0.6) is 0 Å². The van der Waals surface area contributed by atoms with E-state index in [1.165, 1.54) is 29.3 Å². The standard InChI is InChI=1S/C17H24BrCl/c1-17(2,3)14-8-9-16(19)13(11-14)10-12-6-4-5-7-15(12)18/h4-7,13-14,16H,8-11H2,1-3H3. The number of hydrogen-bond donors (Lipinski definition) is 0. The topological polar surface area (TPSA) is 0 Å². The first kappa shape index (κ1) is 15.4. The van der Waals surface area contributed by atoms with Gasteiger partial charge in [0.25, 0.3) is 0 Å². The molecule has 2 rings (SSSR count). The van der Waals surface area contributed by atoms with Gasteiger partial charge in [0.05, 0.1) is 0 Å². The molecule has 0 heterocycles. The quantitative estimate of drug-likeness (QED) is 0.572. The molecule has 19 heavy (non-hydrogen) atoms. The Balaban J connectivity index is 2.08. The van der Waals surface area contributed by atoms with Crippen molar-refractivity contribution in [3.8, 4) is 0 Å². The molecule has 0 radical (unpaired) electrons. The van der Waals surface area contributed by atoms with Crippen molar-refractivity contribution in [1.29, 1.82) is 0 Å². The van der Waals surface area contributed by atoms with Crippen molar-refractivity contribution in [2.45, 2.75) is 51.8 Å². The predicted octanol–water partition coefficient (Wildman–Crippen LogP) is 6.06. The van der Waals surface area contributed by atoms with Crippen LogP contribution < -0.4 is 0 Å². The molecule has 0 saturated heterocycles. The molecule has 2 heteroatoms. The lowest BCUT2D eigenvalue weighted by atomic mass is 9.68. The van der Waals surface area contributed by atoms with Crippen molar-refractivity contribution < 1.29 is 0 Å². The smallest absolute Gasteiger partial charge is 0.0367 e. The highest BCUT2D eigenvalue weighted by Gasteiger charge is 2.35. The minimum absolute atomic E-state index is 0.339. The van der Waals surface area contributed by atoms with E-state index in [1.807, 2.05) is 0 Å². The Morgan fingerprint density at radius 3 is 2.53 bits per heavy atom. The van der Waals surface area contributed by atoms with Crippen molar-refractivity contribution in [1.82, 2.24) is 0 Å². The fourth-order valence-corrected chi connectivity index (χ4v) is 3.94. The van der Waals surface area contributed by atoms with Gasteiger partial charge in [-0.05, 0) is 54.6 Å².